The second-order valence-electron chi connectivity index (χ2n) is 5.98. The van der Waals surface area contributed by atoms with E-state index in [0.717, 1.165) is 18.5 Å². The maximum atomic E-state index is 4.48. The summed E-state index contributed by atoms with van der Waals surface area (Å²) in [5.74, 6) is 0.990. The Morgan fingerprint density at radius 3 is 2.89 bits per heavy atom. The fourth-order valence-electron chi connectivity index (χ4n) is 3.54. The standard InChI is InChI=1S/C15H25N3/c1-3-11-7-14(8-11)17-13-5-6-15-12(9-13)10-16-18(15)4-2/h10-11,13-14,17H,3-9H2,1-2H3. The van der Waals surface area contributed by atoms with Gasteiger partial charge in [0.25, 0.3) is 0 Å². The molecule has 0 aliphatic heterocycles. The molecule has 0 bridgehead atoms. The number of hydrogen-bond donors (Lipinski definition) is 1. The van der Waals surface area contributed by atoms with E-state index in [0.29, 0.717) is 6.04 Å². The lowest BCUT2D eigenvalue weighted by Crippen LogP contribution is -2.48. The summed E-state index contributed by atoms with van der Waals surface area (Å²) >= 11 is 0. The highest BCUT2D eigenvalue weighted by molar-refractivity contribution is 5.22. The Balaban J connectivity index is 1.55. The number of nitrogens with zero attached hydrogens (tertiary/aromatic N) is 2. The van der Waals surface area contributed by atoms with Crippen LogP contribution in [0.2, 0.25) is 0 Å². The number of hydrogen-bond acceptors (Lipinski definition) is 2. The van der Waals surface area contributed by atoms with Gasteiger partial charge in [0.2, 0.25) is 0 Å². The minimum Gasteiger partial charge on any atom is -0.311 e. The summed E-state index contributed by atoms with van der Waals surface area (Å²) in [4.78, 5) is 0. The lowest BCUT2D eigenvalue weighted by molar-refractivity contribution is 0.195. The van der Waals surface area contributed by atoms with Gasteiger partial charge in [-0.1, -0.05) is 13.3 Å². The van der Waals surface area contributed by atoms with Gasteiger partial charge in [0.15, 0.2) is 0 Å². The maximum absolute atomic E-state index is 4.48. The molecule has 0 radical (unpaired) electrons. The van der Waals surface area contributed by atoms with Gasteiger partial charge >= 0.3 is 0 Å². The SMILES string of the molecule is CCC1CC(NC2CCc3c(cnn3CC)C2)C1. The topological polar surface area (TPSA) is 29.9 Å². The molecule has 1 fully saturated rings. The quantitative estimate of drug-likeness (QED) is 0.886. The van der Waals surface area contributed by atoms with Gasteiger partial charge in [0.1, 0.15) is 0 Å². The third-order valence-electron chi connectivity index (χ3n) is 4.82. The normalized spacial score (nSPS) is 30.9. The van der Waals surface area contributed by atoms with E-state index in [1.54, 1.807) is 0 Å². The van der Waals surface area contributed by atoms with E-state index in [-0.39, 0.29) is 0 Å². The molecule has 2 aliphatic carbocycles. The van der Waals surface area contributed by atoms with Crippen LogP contribution in [0.1, 0.15) is 50.8 Å². The zero-order valence-electron chi connectivity index (χ0n) is 11.7. The van der Waals surface area contributed by atoms with Gasteiger partial charge in [-0.15, -0.1) is 0 Å². The van der Waals surface area contributed by atoms with Crippen molar-refractivity contribution in [2.24, 2.45) is 5.92 Å². The first-order chi connectivity index (χ1) is 8.80. The Morgan fingerprint density at radius 1 is 1.33 bits per heavy atom. The molecule has 1 aromatic heterocycles. The molecule has 18 heavy (non-hydrogen) atoms. The molecule has 1 heterocycles. The molecule has 1 saturated carbocycles. The minimum absolute atomic E-state index is 0.690. The highest BCUT2D eigenvalue weighted by Gasteiger charge is 2.30. The molecule has 3 rings (SSSR count). The largest absolute Gasteiger partial charge is 0.311 e. The third kappa shape index (κ3) is 2.20. The van der Waals surface area contributed by atoms with Crippen molar-refractivity contribution < 1.29 is 0 Å². The zero-order chi connectivity index (χ0) is 12.5. The highest BCUT2D eigenvalue weighted by Crippen LogP contribution is 2.31. The fraction of sp³-hybridized carbons (Fsp3) is 0.800. The van der Waals surface area contributed by atoms with Crippen LogP contribution in [0.3, 0.4) is 0 Å². The lowest BCUT2D eigenvalue weighted by atomic mass is 9.78. The summed E-state index contributed by atoms with van der Waals surface area (Å²) in [6.07, 6.45) is 9.90. The Hall–Kier alpha value is -0.830. The van der Waals surface area contributed by atoms with E-state index in [2.05, 4.69) is 35.1 Å². The first-order valence-corrected chi connectivity index (χ1v) is 7.59. The van der Waals surface area contributed by atoms with Gasteiger partial charge in [-0.3, -0.25) is 4.68 Å². The molecular formula is C15H25N3. The Labute approximate surface area is 110 Å². The van der Waals surface area contributed by atoms with Crippen molar-refractivity contribution in [2.45, 2.75) is 71.0 Å². The molecule has 1 aromatic rings. The maximum Gasteiger partial charge on any atom is 0.0525 e. The molecular weight excluding hydrogens is 222 g/mol. The number of aromatic nitrogens is 2. The van der Waals surface area contributed by atoms with E-state index in [1.165, 1.54) is 49.8 Å². The highest BCUT2D eigenvalue weighted by atomic mass is 15.3. The molecule has 3 nitrogen and oxygen atoms in total. The predicted octanol–water partition coefficient (Wildman–Crippen LogP) is 2.54. The van der Waals surface area contributed by atoms with Gasteiger partial charge in [0.05, 0.1) is 6.20 Å². The summed E-state index contributed by atoms with van der Waals surface area (Å²) in [6.45, 7) is 5.50. The Kier molecular flexibility index (Phi) is 3.42. The van der Waals surface area contributed by atoms with Gasteiger partial charge in [-0.2, -0.15) is 5.10 Å². The lowest BCUT2D eigenvalue weighted by Gasteiger charge is -2.39. The molecule has 1 unspecified atom stereocenters. The molecule has 0 amide bonds. The van der Waals surface area contributed by atoms with Crippen LogP contribution in [0.4, 0.5) is 0 Å². The van der Waals surface area contributed by atoms with Crippen LogP contribution in [0, 0.1) is 5.92 Å². The van der Waals surface area contributed by atoms with Gasteiger partial charge in [-0.05, 0) is 50.5 Å². The van der Waals surface area contributed by atoms with Crippen LogP contribution >= 0.6 is 0 Å². The van der Waals surface area contributed by atoms with Crippen molar-refractivity contribution in [3.05, 3.63) is 17.5 Å². The van der Waals surface area contributed by atoms with E-state index in [4.69, 9.17) is 0 Å². The Morgan fingerprint density at radius 2 is 2.17 bits per heavy atom. The minimum atomic E-state index is 0.690. The first kappa shape index (κ1) is 12.2. The van der Waals surface area contributed by atoms with Crippen molar-refractivity contribution in [2.75, 3.05) is 0 Å². The summed E-state index contributed by atoms with van der Waals surface area (Å²) in [6, 6.07) is 1.48. The molecule has 100 valence electrons. The second kappa shape index (κ2) is 5.04. The average Bonchev–Trinajstić information content (AvgIpc) is 2.75. The summed E-state index contributed by atoms with van der Waals surface area (Å²) in [5.41, 5.74) is 2.96. The van der Waals surface area contributed by atoms with Crippen LogP contribution in [0.5, 0.6) is 0 Å². The average molecular weight is 247 g/mol. The van der Waals surface area contributed by atoms with E-state index < -0.39 is 0 Å². The molecule has 3 heteroatoms. The van der Waals surface area contributed by atoms with Gasteiger partial charge < -0.3 is 5.32 Å². The van der Waals surface area contributed by atoms with Crippen LogP contribution in [0.25, 0.3) is 0 Å². The number of fused-ring (bicyclic) bond motifs is 1. The monoisotopic (exact) mass is 247 g/mol. The van der Waals surface area contributed by atoms with Crippen LogP contribution < -0.4 is 5.32 Å². The summed E-state index contributed by atoms with van der Waals surface area (Å²) in [5, 5.41) is 8.33. The van der Waals surface area contributed by atoms with E-state index in [1.807, 2.05) is 0 Å². The summed E-state index contributed by atoms with van der Waals surface area (Å²) < 4.78 is 2.17. The Bertz CT molecular complexity index is 404. The van der Waals surface area contributed by atoms with E-state index >= 15 is 0 Å². The van der Waals surface area contributed by atoms with Crippen LogP contribution in [-0.2, 0) is 19.4 Å². The number of rotatable bonds is 4. The van der Waals surface area contributed by atoms with Crippen molar-refractivity contribution in [1.82, 2.24) is 15.1 Å². The summed E-state index contributed by atoms with van der Waals surface area (Å²) in [7, 11) is 0. The predicted molar refractivity (Wildman–Crippen MR) is 73.7 cm³/mol. The molecule has 1 N–H and O–H groups in total. The molecule has 0 aromatic carbocycles. The van der Waals surface area contributed by atoms with Gasteiger partial charge in [0, 0.05) is 24.3 Å². The van der Waals surface area contributed by atoms with Crippen LogP contribution in [-0.4, -0.2) is 21.9 Å². The second-order valence-corrected chi connectivity index (χ2v) is 5.98. The van der Waals surface area contributed by atoms with Crippen molar-refractivity contribution in [3.63, 3.8) is 0 Å². The molecule has 0 spiro atoms. The van der Waals surface area contributed by atoms with Crippen molar-refractivity contribution in [1.29, 1.82) is 0 Å². The number of nitrogens with one attached hydrogen (secondary N) is 1. The molecule has 2 aliphatic rings. The smallest absolute Gasteiger partial charge is 0.0525 e. The van der Waals surface area contributed by atoms with Crippen molar-refractivity contribution >= 4 is 0 Å². The number of aryl methyl sites for hydroxylation is 1. The molecule has 1 atom stereocenters. The van der Waals surface area contributed by atoms with E-state index in [9.17, 15) is 0 Å². The van der Waals surface area contributed by atoms with Crippen LogP contribution in [0.15, 0.2) is 6.20 Å². The first-order valence-electron chi connectivity index (χ1n) is 7.59. The van der Waals surface area contributed by atoms with Crippen molar-refractivity contribution in [3.8, 4) is 0 Å². The zero-order valence-corrected chi connectivity index (χ0v) is 11.7. The third-order valence-corrected chi connectivity index (χ3v) is 4.82. The fourth-order valence-corrected chi connectivity index (χ4v) is 3.54. The van der Waals surface area contributed by atoms with Gasteiger partial charge in [-0.25, -0.2) is 0 Å². The molecule has 0 saturated heterocycles.